The van der Waals surface area contributed by atoms with E-state index in [-0.39, 0.29) is 21.2 Å². The van der Waals surface area contributed by atoms with Crippen LogP contribution in [0, 0.1) is 7.14 Å². The molecule has 0 N–H and O–H groups in total. The van der Waals surface area contributed by atoms with Gasteiger partial charge in [-0.15, -0.1) is 0 Å². The van der Waals surface area contributed by atoms with Gasteiger partial charge in [-0.25, -0.2) is 0 Å². The lowest BCUT2D eigenvalue weighted by Crippen LogP contribution is -3.61. The first-order valence-electron chi connectivity index (χ1n) is 4.83. The molecule has 3 heteroatoms. The summed E-state index contributed by atoms with van der Waals surface area (Å²) in [5.41, 5.74) is 0. The van der Waals surface area contributed by atoms with Gasteiger partial charge in [0.25, 0.3) is 0 Å². The van der Waals surface area contributed by atoms with Crippen LogP contribution in [0.15, 0.2) is 53.0 Å². The van der Waals surface area contributed by atoms with Crippen LogP contribution in [0.3, 0.4) is 0 Å². The third-order valence-electron chi connectivity index (χ3n) is 2.08. The van der Waals surface area contributed by atoms with Gasteiger partial charge in [-0.1, -0.05) is 12.1 Å². The Morgan fingerprint density at radius 2 is 1.69 bits per heavy atom. The topological polar surface area (TPSA) is 9.23 Å². The number of benzene rings is 2. The molecule has 0 spiro atoms. The van der Waals surface area contributed by atoms with Crippen LogP contribution < -0.4 is 25.9 Å². The van der Waals surface area contributed by atoms with Crippen LogP contribution in [0.25, 0.3) is 0 Å². The van der Waals surface area contributed by atoms with Crippen LogP contribution in [0.2, 0.25) is 0 Å². The van der Waals surface area contributed by atoms with Crippen molar-refractivity contribution < 1.29 is 25.9 Å². The van der Waals surface area contributed by atoms with Crippen LogP contribution in [-0.2, 0) is 0 Å². The summed E-state index contributed by atoms with van der Waals surface area (Å²) >= 11 is 3.47. The van der Waals surface area contributed by atoms with E-state index in [0.29, 0.717) is 0 Å². The van der Waals surface area contributed by atoms with Crippen molar-refractivity contribution in [3.8, 4) is 5.75 Å². The summed E-state index contributed by atoms with van der Waals surface area (Å²) in [4.78, 5) is 0. The Morgan fingerprint density at radius 3 is 2.31 bits per heavy atom. The van der Waals surface area contributed by atoms with Gasteiger partial charge < -0.3 is 4.74 Å². The van der Waals surface area contributed by atoms with Crippen molar-refractivity contribution >= 4 is 15.9 Å². The first-order valence-corrected chi connectivity index (χ1v) is 7.78. The highest BCUT2D eigenvalue weighted by Gasteiger charge is 2.18. The summed E-state index contributed by atoms with van der Waals surface area (Å²) in [7, 11) is 1.69. The standard InChI is InChI=1S/C13H11BrIO/c1-16-11-8-6-10(7-9-11)15-13-5-3-2-4-12(13)14/h2-9H,1H3/q+1. The Balaban J connectivity index is 2.18. The molecule has 0 unspecified atom stereocenters. The molecular weight excluding hydrogens is 379 g/mol. The molecule has 0 saturated carbocycles. The average Bonchev–Trinajstić information content (AvgIpc) is 2.33. The molecule has 82 valence electrons. The fraction of sp³-hybridized carbons (Fsp3) is 0.0769. The number of ether oxygens (including phenoxy) is 1. The Kier molecular flexibility index (Phi) is 4.23. The zero-order chi connectivity index (χ0) is 11.4. The van der Waals surface area contributed by atoms with Crippen LogP contribution in [0.1, 0.15) is 0 Å². The minimum atomic E-state index is -0.114. The molecule has 1 nitrogen and oxygen atoms in total. The van der Waals surface area contributed by atoms with Gasteiger partial charge in [-0.2, -0.15) is 0 Å². The lowest BCUT2D eigenvalue weighted by Gasteiger charge is -1.96. The number of methoxy groups -OCH3 is 1. The highest BCUT2D eigenvalue weighted by Crippen LogP contribution is 2.08. The monoisotopic (exact) mass is 389 g/mol. The summed E-state index contributed by atoms with van der Waals surface area (Å²) in [6.45, 7) is 0. The minimum Gasteiger partial charge on any atom is -0.497 e. The van der Waals surface area contributed by atoms with Crippen molar-refractivity contribution in [1.29, 1.82) is 0 Å². The van der Waals surface area contributed by atoms with Gasteiger partial charge in [0, 0.05) is 0 Å². The normalized spacial score (nSPS) is 10.1. The van der Waals surface area contributed by atoms with Crippen molar-refractivity contribution in [3.63, 3.8) is 0 Å². The Hall–Kier alpha value is -0.550. The first-order chi connectivity index (χ1) is 7.79. The molecule has 0 aliphatic carbocycles. The van der Waals surface area contributed by atoms with Gasteiger partial charge in [-0.05, 0) is 52.3 Å². The van der Waals surface area contributed by atoms with Gasteiger partial charge >= 0.3 is 21.2 Å². The lowest BCUT2D eigenvalue weighted by molar-refractivity contribution is -0.598. The highest BCUT2D eigenvalue weighted by molar-refractivity contribution is 9.10. The molecule has 0 amide bonds. The molecule has 0 atom stereocenters. The summed E-state index contributed by atoms with van der Waals surface area (Å²) in [5, 5.41) is 0. The largest absolute Gasteiger partial charge is 0.497 e. The van der Waals surface area contributed by atoms with Crippen LogP contribution in [-0.4, -0.2) is 7.11 Å². The molecule has 0 aromatic heterocycles. The molecule has 0 aliphatic rings. The molecule has 0 saturated heterocycles. The van der Waals surface area contributed by atoms with Crippen molar-refractivity contribution in [1.82, 2.24) is 0 Å². The predicted molar refractivity (Wildman–Crippen MR) is 64.5 cm³/mol. The smallest absolute Gasteiger partial charge is 0.359 e. The van der Waals surface area contributed by atoms with E-state index >= 15 is 0 Å². The maximum atomic E-state index is 5.15. The van der Waals surface area contributed by atoms with Crippen LogP contribution >= 0.6 is 15.9 Å². The van der Waals surface area contributed by atoms with Gasteiger partial charge in [0.05, 0.1) is 11.6 Å². The fourth-order valence-electron chi connectivity index (χ4n) is 1.27. The molecule has 0 bridgehead atoms. The van der Waals surface area contributed by atoms with E-state index in [1.54, 1.807) is 7.11 Å². The van der Waals surface area contributed by atoms with Gasteiger partial charge in [0.15, 0.2) is 3.57 Å². The number of hydrogen-bond donors (Lipinski definition) is 0. The van der Waals surface area contributed by atoms with Crippen molar-refractivity contribution in [2.45, 2.75) is 0 Å². The van der Waals surface area contributed by atoms with E-state index < -0.39 is 0 Å². The quantitative estimate of drug-likeness (QED) is 0.698. The molecule has 2 rings (SSSR count). The first kappa shape index (κ1) is 11.9. The van der Waals surface area contributed by atoms with E-state index in [0.717, 1.165) is 5.75 Å². The SMILES string of the molecule is COc1ccc([I+]c2ccccc2Br)cc1. The second kappa shape index (κ2) is 5.68. The van der Waals surface area contributed by atoms with Crippen molar-refractivity contribution in [2.24, 2.45) is 0 Å². The number of hydrogen-bond acceptors (Lipinski definition) is 1. The summed E-state index contributed by atoms with van der Waals surface area (Å²) in [6, 6.07) is 16.7. The second-order valence-electron chi connectivity index (χ2n) is 3.17. The fourth-order valence-corrected chi connectivity index (χ4v) is 4.27. The van der Waals surface area contributed by atoms with Crippen molar-refractivity contribution in [2.75, 3.05) is 7.11 Å². The Morgan fingerprint density at radius 1 is 1.00 bits per heavy atom. The van der Waals surface area contributed by atoms with Crippen molar-refractivity contribution in [3.05, 3.63) is 60.1 Å². The third-order valence-corrected chi connectivity index (χ3v) is 6.38. The number of rotatable bonds is 3. The third kappa shape index (κ3) is 2.98. The van der Waals surface area contributed by atoms with Gasteiger partial charge in [-0.3, -0.25) is 0 Å². The highest BCUT2D eigenvalue weighted by atomic mass is 127. The predicted octanol–water partition coefficient (Wildman–Crippen LogP) is 0.586. The summed E-state index contributed by atoms with van der Waals surface area (Å²) < 4.78 is 9.16. The average molecular weight is 390 g/mol. The van der Waals surface area contributed by atoms with Crippen LogP contribution in [0.5, 0.6) is 5.75 Å². The molecule has 0 aliphatic heterocycles. The van der Waals surface area contributed by atoms with E-state index in [2.05, 4.69) is 46.3 Å². The number of halogens is 2. The van der Waals surface area contributed by atoms with Gasteiger partial charge in [0.1, 0.15) is 5.75 Å². The molecule has 0 radical (unpaired) electrons. The van der Waals surface area contributed by atoms with E-state index in [1.807, 2.05) is 18.2 Å². The van der Waals surface area contributed by atoms with E-state index in [1.165, 1.54) is 11.6 Å². The second-order valence-corrected chi connectivity index (χ2v) is 6.97. The molecule has 2 aromatic carbocycles. The Labute approximate surface area is 114 Å². The molecule has 2 aromatic rings. The van der Waals surface area contributed by atoms with Crippen LogP contribution in [0.4, 0.5) is 0 Å². The summed E-state index contributed by atoms with van der Waals surface area (Å²) in [5.74, 6) is 0.917. The maximum absolute atomic E-state index is 5.15. The minimum absolute atomic E-state index is 0.114. The van der Waals surface area contributed by atoms with E-state index in [9.17, 15) is 0 Å². The lowest BCUT2D eigenvalue weighted by atomic mass is 10.3. The zero-order valence-corrected chi connectivity index (χ0v) is 12.5. The van der Waals surface area contributed by atoms with Gasteiger partial charge in [0.2, 0.25) is 3.57 Å². The molecule has 16 heavy (non-hydrogen) atoms. The van der Waals surface area contributed by atoms with E-state index in [4.69, 9.17) is 4.74 Å². The molecule has 0 heterocycles. The maximum Gasteiger partial charge on any atom is 0.359 e. The molecule has 0 fully saturated rings. The zero-order valence-electron chi connectivity index (χ0n) is 8.78. The Bertz CT molecular complexity index is 468. The molecular formula is C13H11BrIO+. The summed E-state index contributed by atoms with van der Waals surface area (Å²) in [6.07, 6.45) is 0.